The Balaban J connectivity index is 0.000000204. The van der Waals surface area contributed by atoms with E-state index in [4.69, 9.17) is 14.3 Å². The van der Waals surface area contributed by atoms with Crippen molar-refractivity contribution in [2.45, 2.75) is 186 Å². The van der Waals surface area contributed by atoms with Crippen LogP contribution in [0, 0.1) is 0 Å². The zero-order valence-electron chi connectivity index (χ0n) is 44.5. The van der Waals surface area contributed by atoms with Crippen LogP contribution in [0.5, 0.6) is 0 Å². The topological polar surface area (TPSA) is 200 Å². The number of rotatable bonds is 18. The van der Waals surface area contributed by atoms with Gasteiger partial charge in [0.25, 0.3) is 5.91 Å². The van der Waals surface area contributed by atoms with Gasteiger partial charge in [0, 0.05) is 87.7 Å². The number of hydrogen-bond acceptors (Lipinski definition) is 15. The van der Waals surface area contributed by atoms with Crippen LogP contribution >= 0.6 is 0 Å². The van der Waals surface area contributed by atoms with E-state index < -0.39 is 64.8 Å². The Kier molecular flexibility index (Phi) is 17.7. The van der Waals surface area contributed by atoms with Crippen molar-refractivity contribution < 1.29 is 58.3 Å². The summed E-state index contributed by atoms with van der Waals surface area (Å²) in [5.41, 5.74) is 4.78. The van der Waals surface area contributed by atoms with Crippen LogP contribution in [0.3, 0.4) is 0 Å². The standard InChI is InChI=1S/C28H36F2N4O5S.C27H35F2N3O4S/c1-27(29,30)12-11-21-18-32-24(19-31-21)20-5-9-23(10-6-20)40(36,37)28(13-15-34(16-14-28)22-7-8-22)26(35)33-39-25-4-2-3-17-38-25;1-25(2,3)36-24(33)27(13-15-32(16-14-27)21-7-8-21)37(34,35)22-9-5-19(6-10-22)23-18-30-20(17-31-23)11-12-26(4,28)29/h5-6,9-10,18-19,22,25H,2-4,7-8,11-17H2,1H3,(H,33,35);5-6,9-10,17-18,21H,7-8,11-16H2,1-4H3. The molecule has 420 valence electrons. The molecule has 0 radical (unpaired) electrons. The fourth-order valence-corrected chi connectivity index (χ4v) is 13.9. The molecule has 5 aliphatic rings. The number of aromatic nitrogens is 4. The largest absolute Gasteiger partial charge is 0.459 e. The SMILES string of the molecule is CC(F)(F)CCc1cnc(-c2ccc(S(=O)(=O)C3(C(=O)NOC4CCCCO4)CCN(C4CC4)CC3)cc2)cn1.CC(F)(F)CCc1cnc(-c2ccc(S(=O)(=O)C3(C(=O)OC(C)(C)C)CCN(C4CC4)CC3)cc2)cn1. The maximum atomic E-state index is 14.1. The molecular weight excluding hydrogens is 1040 g/mol. The van der Waals surface area contributed by atoms with Crippen LogP contribution in [0.15, 0.2) is 83.1 Å². The summed E-state index contributed by atoms with van der Waals surface area (Å²) in [4.78, 5) is 54.2. The highest BCUT2D eigenvalue weighted by Crippen LogP contribution is 2.42. The van der Waals surface area contributed by atoms with E-state index in [9.17, 15) is 44.0 Å². The summed E-state index contributed by atoms with van der Waals surface area (Å²) in [5.74, 6) is -6.91. The summed E-state index contributed by atoms with van der Waals surface area (Å²) in [7, 11) is -8.16. The van der Waals surface area contributed by atoms with Gasteiger partial charge in [0.2, 0.25) is 11.8 Å². The molecule has 5 heterocycles. The van der Waals surface area contributed by atoms with Gasteiger partial charge in [-0.05, 0) is 136 Å². The van der Waals surface area contributed by atoms with Crippen LogP contribution in [-0.2, 0) is 56.4 Å². The van der Waals surface area contributed by atoms with Crippen LogP contribution in [-0.4, -0.2) is 137 Å². The van der Waals surface area contributed by atoms with Gasteiger partial charge in [0.1, 0.15) is 5.60 Å². The third-order valence-electron chi connectivity index (χ3n) is 14.9. The van der Waals surface area contributed by atoms with Crippen molar-refractivity contribution in [2.24, 2.45) is 0 Å². The van der Waals surface area contributed by atoms with Gasteiger partial charge in [-0.3, -0.25) is 29.5 Å². The number of hydrogen-bond donors (Lipinski definition) is 1. The van der Waals surface area contributed by atoms with E-state index in [1.807, 2.05) is 0 Å². The van der Waals surface area contributed by atoms with Gasteiger partial charge in [-0.1, -0.05) is 24.3 Å². The molecule has 2 aromatic carbocycles. The number of nitrogens with one attached hydrogen (secondary N) is 1. The van der Waals surface area contributed by atoms with E-state index in [2.05, 4.69) is 35.2 Å². The lowest BCUT2D eigenvalue weighted by Crippen LogP contribution is -2.58. The van der Waals surface area contributed by atoms with E-state index >= 15 is 0 Å². The molecule has 2 saturated carbocycles. The van der Waals surface area contributed by atoms with Crippen molar-refractivity contribution >= 4 is 31.6 Å². The first kappa shape index (κ1) is 58.2. The number of hydroxylamine groups is 1. The number of piperidine rings is 2. The summed E-state index contributed by atoms with van der Waals surface area (Å²) in [6.45, 7) is 9.58. The van der Waals surface area contributed by atoms with Crippen LogP contribution in [0.1, 0.15) is 129 Å². The zero-order valence-corrected chi connectivity index (χ0v) is 46.1. The van der Waals surface area contributed by atoms with E-state index in [1.165, 1.54) is 49.1 Å². The first-order valence-electron chi connectivity index (χ1n) is 26.6. The summed E-state index contributed by atoms with van der Waals surface area (Å²) in [6.07, 6.45) is 12.5. The molecule has 4 aromatic rings. The fraction of sp³-hybridized carbons (Fsp3) is 0.600. The summed E-state index contributed by atoms with van der Waals surface area (Å²) in [5, 5.41) is 0. The summed E-state index contributed by atoms with van der Waals surface area (Å²) < 4.78 is 116. The van der Waals surface area contributed by atoms with Gasteiger partial charge in [0.15, 0.2) is 35.5 Å². The Morgan fingerprint density at radius 3 is 1.42 bits per heavy atom. The number of ether oxygens (including phenoxy) is 2. The Morgan fingerprint density at radius 1 is 0.623 bits per heavy atom. The fourth-order valence-electron chi connectivity index (χ4n) is 9.99. The molecule has 77 heavy (non-hydrogen) atoms. The molecule has 0 bridgehead atoms. The zero-order chi connectivity index (χ0) is 55.4. The molecule has 1 N–H and O–H groups in total. The highest BCUT2D eigenvalue weighted by Gasteiger charge is 2.57. The Labute approximate surface area is 449 Å². The molecule has 2 aromatic heterocycles. The van der Waals surface area contributed by atoms with E-state index in [1.54, 1.807) is 45.0 Å². The average Bonchev–Trinajstić information content (AvgIpc) is 4.35. The Bertz CT molecular complexity index is 2870. The number of sulfone groups is 2. The normalized spacial score (nSPS) is 20.6. The van der Waals surface area contributed by atoms with E-state index in [0.29, 0.717) is 85.2 Å². The molecule has 1 atom stereocenters. The molecule has 1 amide bonds. The minimum atomic E-state index is -4.10. The van der Waals surface area contributed by atoms with Crippen molar-refractivity contribution in [1.82, 2.24) is 35.2 Å². The number of carbonyl (C=O) groups is 2. The second-order valence-electron chi connectivity index (χ2n) is 22.4. The molecule has 3 aliphatic heterocycles. The van der Waals surface area contributed by atoms with Crippen LogP contribution in [0.25, 0.3) is 22.5 Å². The van der Waals surface area contributed by atoms with Gasteiger partial charge in [0.05, 0.1) is 45.0 Å². The second kappa shape index (κ2) is 23.4. The van der Waals surface area contributed by atoms with Crippen molar-refractivity contribution in [3.05, 3.63) is 84.7 Å². The predicted octanol–water partition coefficient (Wildman–Crippen LogP) is 8.92. The van der Waals surface area contributed by atoms with Crippen LogP contribution < -0.4 is 5.48 Å². The number of alkyl halides is 4. The number of likely N-dealkylation sites (tertiary alicyclic amines) is 2. The number of esters is 1. The molecule has 22 heteroatoms. The first-order valence-corrected chi connectivity index (χ1v) is 29.6. The highest BCUT2D eigenvalue weighted by atomic mass is 32.2. The number of nitrogens with zero attached hydrogens (tertiary/aromatic N) is 6. The van der Waals surface area contributed by atoms with Crippen molar-refractivity contribution in [3.8, 4) is 22.5 Å². The highest BCUT2D eigenvalue weighted by molar-refractivity contribution is 7.94. The molecule has 5 fully saturated rings. The van der Waals surface area contributed by atoms with E-state index in [-0.39, 0.29) is 61.2 Å². The summed E-state index contributed by atoms with van der Waals surface area (Å²) >= 11 is 0. The van der Waals surface area contributed by atoms with Gasteiger partial charge >= 0.3 is 5.97 Å². The number of carbonyl (C=O) groups excluding carboxylic acids is 2. The van der Waals surface area contributed by atoms with Gasteiger partial charge in [-0.15, -0.1) is 0 Å². The third kappa shape index (κ3) is 14.4. The number of aryl methyl sites for hydroxylation is 2. The molecule has 16 nitrogen and oxygen atoms in total. The average molecular weight is 1110 g/mol. The minimum absolute atomic E-state index is 0.0370. The van der Waals surface area contributed by atoms with E-state index in [0.717, 1.165) is 52.4 Å². The lowest BCUT2D eigenvalue weighted by molar-refractivity contribution is -0.202. The lowest BCUT2D eigenvalue weighted by Gasteiger charge is -2.40. The molecular formula is C55H71F4N7O9S2. The minimum Gasteiger partial charge on any atom is -0.459 e. The number of benzene rings is 2. The molecule has 2 aliphatic carbocycles. The Morgan fingerprint density at radius 2 is 1.05 bits per heavy atom. The molecule has 0 spiro atoms. The third-order valence-corrected chi connectivity index (χ3v) is 20.0. The smallest absolute Gasteiger partial charge is 0.328 e. The van der Waals surface area contributed by atoms with Crippen molar-refractivity contribution in [2.75, 3.05) is 32.8 Å². The van der Waals surface area contributed by atoms with Crippen LogP contribution in [0.4, 0.5) is 17.6 Å². The quantitative estimate of drug-likeness (QED) is 0.0562. The van der Waals surface area contributed by atoms with Crippen molar-refractivity contribution in [3.63, 3.8) is 0 Å². The van der Waals surface area contributed by atoms with Crippen molar-refractivity contribution in [1.29, 1.82) is 0 Å². The Hall–Kier alpha value is -5.00. The first-order chi connectivity index (χ1) is 36.3. The van der Waals surface area contributed by atoms with Crippen LogP contribution in [0.2, 0.25) is 0 Å². The molecule has 9 rings (SSSR count). The summed E-state index contributed by atoms with van der Waals surface area (Å²) in [6, 6.07) is 13.4. The molecule has 1 unspecified atom stereocenters. The maximum absolute atomic E-state index is 14.1. The van der Waals surface area contributed by atoms with Gasteiger partial charge < -0.3 is 19.3 Å². The lowest BCUT2D eigenvalue weighted by atomic mass is 9.94. The van der Waals surface area contributed by atoms with Gasteiger partial charge in [-0.25, -0.2) is 44.7 Å². The second-order valence-corrected chi connectivity index (χ2v) is 26.9. The monoisotopic (exact) mass is 1110 g/mol. The van der Waals surface area contributed by atoms with Gasteiger partial charge in [-0.2, -0.15) is 0 Å². The maximum Gasteiger partial charge on any atom is 0.328 e. The number of amides is 1. The number of halogens is 4. The molecule has 3 saturated heterocycles. The predicted molar refractivity (Wildman–Crippen MR) is 279 cm³/mol.